The molecule has 2 N–H and O–H groups in total. The first kappa shape index (κ1) is 19.5. The molecule has 0 aromatic heterocycles. The molecule has 0 saturated carbocycles. The molecule has 0 saturated heterocycles. The van der Waals surface area contributed by atoms with Crippen LogP contribution >= 0.6 is 0 Å². The molecule has 0 aliphatic rings. The van der Waals surface area contributed by atoms with Gasteiger partial charge in [-0.2, -0.15) is 0 Å². The number of amides is 1. The van der Waals surface area contributed by atoms with Gasteiger partial charge in [0.1, 0.15) is 0 Å². The van der Waals surface area contributed by atoms with Crippen LogP contribution in [0.25, 0.3) is 0 Å². The molecule has 0 bridgehead atoms. The van der Waals surface area contributed by atoms with Crippen LogP contribution in [0.4, 0.5) is 0 Å². The second-order valence-corrected chi connectivity index (χ2v) is 6.21. The number of carbonyl (C=O) groups excluding carboxylic acids is 1. The Bertz CT molecular complexity index is 215. The minimum absolute atomic E-state index is 0.0982. The summed E-state index contributed by atoms with van der Waals surface area (Å²) in [4.78, 5) is 11.2. The molecule has 2 nitrogen and oxygen atoms in total. The topological polar surface area (TPSA) is 43.1 Å². The van der Waals surface area contributed by atoms with Crippen LogP contribution in [-0.2, 0) is 4.79 Å². The lowest BCUT2D eigenvalue weighted by Gasteiger charge is -2.11. The van der Waals surface area contributed by atoms with Crippen LogP contribution in [-0.4, -0.2) is 5.91 Å². The largest absolute Gasteiger partial charge is 0.369 e. The summed E-state index contributed by atoms with van der Waals surface area (Å²) < 4.78 is 0. The van der Waals surface area contributed by atoms with E-state index in [1.54, 1.807) is 0 Å². The third-order valence-corrected chi connectivity index (χ3v) is 4.20. The fourth-order valence-electron chi connectivity index (χ4n) is 2.83. The van der Waals surface area contributed by atoms with Crippen LogP contribution in [0.15, 0.2) is 0 Å². The molecule has 120 valence electrons. The fourth-order valence-corrected chi connectivity index (χ4v) is 2.83. The van der Waals surface area contributed by atoms with Crippen molar-refractivity contribution in [2.24, 2.45) is 11.7 Å². The Kier molecular flexibility index (Phi) is 14.5. The first-order valence-electron chi connectivity index (χ1n) is 9.01. The van der Waals surface area contributed by atoms with Crippen molar-refractivity contribution in [2.45, 2.75) is 104 Å². The Hall–Kier alpha value is -0.530. The number of unbranched alkanes of at least 4 members (excludes halogenated alkanes) is 10. The van der Waals surface area contributed by atoms with Gasteiger partial charge in [0.25, 0.3) is 0 Å². The minimum Gasteiger partial charge on any atom is -0.369 e. The van der Waals surface area contributed by atoms with Gasteiger partial charge in [-0.05, 0) is 12.8 Å². The van der Waals surface area contributed by atoms with E-state index in [1.165, 1.54) is 70.6 Å². The molecule has 0 fully saturated rings. The summed E-state index contributed by atoms with van der Waals surface area (Å²) in [5, 5.41) is 0. The molecule has 1 atom stereocenters. The van der Waals surface area contributed by atoms with Gasteiger partial charge in [0.15, 0.2) is 0 Å². The van der Waals surface area contributed by atoms with Crippen LogP contribution in [0.5, 0.6) is 0 Å². The quantitative estimate of drug-likeness (QED) is 0.391. The highest BCUT2D eigenvalue weighted by atomic mass is 16.1. The van der Waals surface area contributed by atoms with Crippen LogP contribution in [0.1, 0.15) is 104 Å². The number of hydrogen-bond donors (Lipinski definition) is 1. The number of hydrogen-bond acceptors (Lipinski definition) is 1. The lowest BCUT2D eigenvalue weighted by atomic mass is 9.95. The van der Waals surface area contributed by atoms with E-state index in [9.17, 15) is 4.79 Å². The average Bonchev–Trinajstić information content (AvgIpc) is 2.43. The van der Waals surface area contributed by atoms with Crippen LogP contribution < -0.4 is 5.73 Å². The molecule has 0 radical (unpaired) electrons. The number of nitrogens with two attached hydrogens (primary N) is 1. The van der Waals surface area contributed by atoms with Crippen molar-refractivity contribution in [2.75, 3.05) is 0 Å². The van der Waals surface area contributed by atoms with Crippen molar-refractivity contribution in [1.82, 2.24) is 0 Å². The lowest BCUT2D eigenvalue weighted by Crippen LogP contribution is -2.23. The zero-order valence-electron chi connectivity index (χ0n) is 14.0. The van der Waals surface area contributed by atoms with Gasteiger partial charge in [-0.1, -0.05) is 90.9 Å². The fraction of sp³-hybridized carbons (Fsp3) is 0.944. The molecular weight excluding hydrogens is 246 g/mol. The van der Waals surface area contributed by atoms with Crippen molar-refractivity contribution in [3.05, 3.63) is 0 Å². The lowest BCUT2D eigenvalue weighted by molar-refractivity contribution is -0.122. The Morgan fingerprint density at radius 2 is 1.15 bits per heavy atom. The van der Waals surface area contributed by atoms with E-state index in [0.29, 0.717) is 0 Å². The van der Waals surface area contributed by atoms with Gasteiger partial charge < -0.3 is 5.73 Å². The molecule has 1 unspecified atom stereocenters. The van der Waals surface area contributed by atoms with E-state index in [-0.39, 0.29) is 11.8 Å². The van der Waals surface area contributed by atoms with Gasteiger partial charge in [-0.25, -0.2) is 0 Å². The highest BCUT2D eigenvalue weighted by Gasteiger charge is 2.12. The van der Waals surface area contributed by atoms with E-state index in [0.717, 1.165) is 19.3 Å². The molecule has 0 aromatic carbocycles. The first-order chi connectivity index (χ1) is 9.72. The van der Waals surface area contributed by atoms with E-state index in [4.69, 9.17) is 5.73 Å². The summed E-state index contributed by atoms with van der Waals surface area (Å²) in [6.07, 6.45) is 17.9. The van der Waals surface area contributed by atoms with Crippen molar-refractivity contribution in [3.8, 4) is 0 Å². The van der Waals surface area contributed by atoms with Crippen molar-refractivity contribution < 1.29 is 4.79 Å². The van der Waals surface area contributed by atoms with E-state index >= 15 is 0 Å². The van der Waals surface area contributed by atoms with Gasteiger partial charge in [-0.3, -0.25) is 4.79 Å². The second kappa shape index (κ2) is 14.9. The number of rotatable bonds is 15. The maximum atomic E-state index is 11.2. The summed E-state index contributed by atoms with van der Waals surface area (Å²) in [6.45, 7) is 4.39. The second-order valence-electron chi connectivity index (χ2n) is 6.21. The van der Waals surface area contributed by atoms with Crippen LogP contribution in [0, 0.1) is 5.92 Å². The predicted molar refractivity (Wildman–Crippen MR) is 88.7 cm³/mol. The number of carbonyl (C=O) groups is 1. The third-order valence-electron chi connectivity index (χ3n) is 4.20. The number of primary amides is 1. The maximum absolute atomic E-state index is 11.2. The van der Waals surface area contributed by atoms with E-state index in [2.05, 4.69) is 13.8 Å². The Morgan fingerprint density at radius 3 is 1.55 bits per heavy atom. The molecule has 2 heteroatoms. The highest BCUT2D eigenvalue weighted by Crippen LogP contribution is 2.17. The third kappa shape index (κ3) is 12.5. The summed E-state index contributed by atoms with van der Waals surface area (Å²) in [6, 6.07) is 0. The summed E-state index contributed by atoms with van der Waals surface area (Å²) in [5.74, 6) is 0.0255. The normalized spacial score (nSPS) is 12.5. The summed E-state index contributed by atoms with van der Waals surface area (Å²) in [7, 11) is 0. The van der Waals surface area contributed by atoms with Gasteiger partial charge in [0, 0.05) is 5.92 Å². The SMILES string of the molecule is CCCCCCCCCCCCCC(CCC)C(N)=O. The summed E-state index contributed by atoms with van der Waals surface area (Å²) in [5.41, 5.74) is 5.41. The molecule has 0 heterocycles. The average molecular weight is 283 g/mol. The molecule has 0 aromatic rings. The van der Waals surface area contributed by atoms with Crippen LogP contribution in [0.2, 0.25) is 0 Å². The van der Waals surface area contributed by atoms with Gasteiger partial charge in [0.2, 0.25) is 5.91 Å². The molecule has 20 heavy (non-hydrogen) atoms. The van der Waals surface area contributed by atoms with Crippen molar-refractivity contribution in [1.29, 1.82) is 0 Å². The Morgan fingerprint density at radius 1 is 0.700 bits per heavy atom. The van der Waals surface area contributed by atoms with E-state index in [1.807, 2.05) is 0 Å². The zero-order chi connectivity index (χ0) is 15.1. The Balaban J connectivity index is 3.25. The van der Waals surface area contributed by atoms with E-state index < -0.39 is 0 Å². The van der Waals surface area contributed by atoms with Crippen molar-refractivity contribution >= 4 is 5.91 Å². The molecule has 0 aliphatic carbocycles. The standard InChI is InChI=1S/C18H37NO/c1-3-5-6-7-8-9-10-11-12-13-14-16-17(15-4-2)18(19)20/h17H,3-16H2,1-2H3,(H2,19,20). The first-order valence-corrected chi connectivity index (χ1v) is 9.01. The molecule has 0 rings (SSSR count). The molecule has 1 amide bonds. The van der Waals surface area contributed by atoms with Crippen LogP contribution in [0.3, 0.4) is 0 Å². The zero-order valence-corrected chi connectivity index (χ0v) is 14.0. The minimum atomic E-state index is -0.0982. The molecular formula is C18H37NO. The monoisotopic (exact) mass is 283 g/mol. The molecule has 0 spiro atoms. The maximum Gasteiger partial charge on any atom is 0.220 e. The van der Waals surface area contributed by atoms with Crippen molar-refractivity contribution in [3.63, 3.8) is 0 Å². The Labute approximate surface area is 126 Å². The summed E-state index contributed by atoms with van der Waals surface area (Å²) >= 11 is 0. The predicted octanol–water partition coefficient (Wildman–Crippen LogP) is 5.59. The molecule has 0 aliphatic heterocycles. The smallest absolute Gasteiger partial charge is 0.220 e. The van der Waals surface area contributed by atoms with Gasteiger partial charge in [-0.15, -0.1) is 0 Å². The van der Waals surface area contributed by atoms with Gasteiger partial charge >= 0.3 is 0 Å². The highest BCUT2D eigenvalue weighted by molar-refractivity contribution is 5.76. The van der Waals surface area contributed by atoms with Gasteiger partial charge in [0.05, 0.1) is 0 Å².